The average molecular weight is 360 g/mol. The highest BCUT2D eigenvalue weighted by molar-refractivity contribution is 6.13. The molecule has 0 N–H and O–H groups in total. The first-order valence-corrected chi connectivity index (χ1v) is 9.71. The molecule has 0 saturated carbocycles. The van der Waals surface area contributed by atoms with Gasteiger partial charge in [0.1, 0.15) is 0 Å². The van der Waals surface area contributed by atoms with Gasteiger partial charge in [0, 0.05) is 11.1 Å². The van der Waals surface area contributed by atoms with Gasteiger partial charge in [-0.05, 0) is 58.0 Å². The van der Waals surface area contributed by atoms with Crippen molar-refractivity contribution >= 4 is 22.6 Å². The Balaban J connectivity index is 1.59. The number of carbonyl (C=O) groups excluding carboxylic acids is 1. The summed E-state index contributed by atoms with van der Waals surface area (Å²) >= 11 is 0. The summed E-state index contributed by atoms with van der Waals surface area (Å²) in [5, 5.41) is 2.46. The summed E-state index contributed by atoms with van der Waals surface area (Å²) in [5.41, 5.74) is 6.34. The Morgan fingerprint density at radius 1 is 0.643 bits per heavy atom. The molecule has 28 heavy (non-hydrogen) atoms. The van der Waals surface area contributed by atoms with Gasteiger partial charge in [0.05, 0.1) is 0 Å². The molecule has 0 saturated heterocycles. The minimum Gasteiger partial charge on any atom is -0.289 e. The highest BCUT2D eigenvalue weighted by Crippen LogP contribution is 2.31. The van der Waals surface area contributed by atoms with Crippen molar-refractivity contribution in [3.63, 3.8) is 0 Å². The number of Topliss-reactive ketones (excluding diaryl/α,β-unsaturated/α-hetero) is 1. The molecule has 0 radical (unpaired) electrons. The predicted octanol–water partition coefficient (Wildman–Crippen LogP) is 6.72. The van der Waals surface area contributed by atoms with Crippen LogP contribution >= 0.6 is 0 Å². The summed E-state index contributed by atoms with van der Waals surface area (Å²) in [6.45, 7) is 0. The normalized spacial score (nSPS) is 15.0. The number of aryl methyl sites for hydroxylation is 1. The van der Waals surface area contributed by atoms with Crippen molar-refractivity contribution in [3.8, 4) is 11.1 Å². The molecule has 0 fully saturated rings. The second kappa shape index (κ2) is 6.94. The van der Waals surface area contributed by atoms with Crippen molar-refractivity contribution in [2.24, 2.45) is 0 Å². The van der Waals surface area contributed by atoms with Crippen LogP contribution in [0.3, 0.4) is 0 Å². The van der Waals surface area contributed by atoms with Crippen molar-refractivity contribution in [1.82, 2.24) is 0 Å². The van der Waals surface area contributed by atoms with Gasteiger partial charge in [-0.15, -0.1) is 0 Å². The number of benzene rings is 4. The Hall–Kier alpha value is -3.45. The van der Waals surface area contributed by atoms with Crippen LogP contribution in [0.1, 0.15) is 27.9 Å². The molecule has 0 aromatic heterocycles. The van der Waals surface area contributed by atoms with Crippen LogP contribution in [0.15, 0.2) is 96.6 Å². The molecular weight excluding hydrogens is 340 g/mol. The Bertz CT molecular complexity index is 1230. The van der Waals surface area contributed by atoms with E-state index >= 15 is 0 Å². The zero-order valence-corrected chi connectivity index (χ0v) is 15.6. The second-order valence-electron chi connectivity index (χ2n) is 7.31. The van der Waals surface area contributed by atoms with Crippen molar-refractivity contribution in [1.29, 1.82) is 0 Å². The van der Waals surface area contributed by atoms with Gasteiger partial charge in [-0.2, -0.15) is 0 Å². The van der Waals surface area contributed by atoms with Gasteiger partial charge in [0.25, 0.3) is 0 Å². The fraction of sp³-hybridized carbons (Fsp3) is 0.0741. The van der Waals surface area contributed by atoms with Gasteiger partial charge < -0.3 is 0 Å². The molecule has 134 valence electrons. The maximum absolute atomic E-state index is 13.0. The molecule has 4 aromatic rings. The van der Waals surface area contributed by atoms with Gasteiger partial charge in [-0.3, -0.25) is 4.79 Å². The molecule has 4 aromatic carbocycles. The molecule has 5 rings (SSSR count). The number of ketones is 1. The maximum atomic E-state index is 13.0. The Kier molecular flexibility index (Phi) is 4.14. The molecule has 0 heterocycles. The van der Waals surface area contributed by atoms with Crippen LogP contribution in [0.2, 0.25) is 0 Å². The van der Waals surface area contributed by atoms with Crippen LogP contribution in [0.5, 0.6) is 0 Å². The van der Waals surface area contributed by atoms with Gasteiger partial charge in [-0.1, -0.05) is 84.9 Å². The van der Waals surface area contributed by atoms with Crippen molar-refractivity contribution in [3.05, 3.63) is 113 Å². The zero-order valence-electron chi connectivity index (χ0n) is 15.6. The van der Waals surface area contributed by atoms with E-state index in [1.54, 1.807) is 0 Å². The standard InChI is InChI=1S/C27H20O/c28-27-24(16-14-20-8-3-6-12-26(20)27)18-22-10-4-5-11-25(22)23-15-13-19-7-1-2-9-21(19)17-23/h1-13,15,17-18H,14,16H2/b24-18+. The molecule has 1 aliphatic rings. The third kappa shape index (κ3) is 2.95. The van der Waals surface area contributed by atoms with Crippen molar-refractivity contribution in [2.75, 3.05) is 0 Å². The maximum Gasteiger partial charge on any atom is 0.189 e. The Labute approximate surface area is 165 Å². The average Bonchev–Trinajstić information content (AvgIpc) is 2.76. The summed E-state index contributed by atoms with van der Waals surface area (Å²) in [6, 6.07) is 31.3. The molecule has 0 unspecified atom stereocenters. The fourth-order valence-corrected chi connectivity index (χ4v) is 4.08. The van der Waals surface area contributed by atoms with Crippen LogP contribution in [0, 0.1) is 0 Å². The highest BCUT2D eigenvalue weighted by atomic mass is 16.1. The summed E-state index contributed by atoms with van der Waals surface area (Å²) in [4.78, 5) is 13.0. The van der Waals surface area contributed by atoms with Crippen molar-refractivity contribution in [2.45, 2.75) is 12.8 Å². The minimum atomic E-state index is 0.162. The van der Waals surface area contributed by atoms with E-state index in [1.165, 1.54) is 16.3 Å². The molecular formula is C27H20O. The molecule has 0 amide bonds. The van der Waals surface area contributed by atoms with E-state index in [0.717, 1.165) is 40.7 Å². The molecule has 0 atom stereocenters. The van der Waals surface area contributed by atoms with Crippen LogP contribution < -0.4 is 0 Å². The lowest BCUT2D eigenvalue weighted by Crippen LogP contribution is -2.13. The number of rotatable bonds is 2. The molecule has 1 heteroatoms. The largest absolute Gasteiger partial charge is 0.289 e. The molecule has 0 spiro atoms. The number of hydrogen-bond acceptors (Lipinski definition) is 1. The number of allylic oxidation sites excluding steroid dienone is 1. The monoisotopic (exact) mass is 360 g/mol. The summed E-state index contributed by atoms with van der Waals surface area (Å²) in [7, 11) is 0. The lowest BCUT2D eigenvalue weighted by Gasteiger charge is -2.18. The van der Waals surface area contributed by atoms with Gasteiger partial charge in [0.15, 0.2) is 5.78 Å². The minimum absolute atomic E-state index is 0.162. The lowest BCUT2D eigenvalue weighted by molar-refractivity contribution is 0.102. The van der Waals surface area contributed by atoms with Crippen molar-refractivity contribution < 1.29 is 4.79 Å². The first-order valence-electron chi connectivity index (χ1n) is 9.71. The first kappa shape index (κ1) is 16.7. The lowest BCUT2D eigenvalue weighted by atomic mass is 9.85. The van der Waals surface area contributed by atoms with Gasteiger partial charge >= 0.3 is 0 Å². The number of hydrogen-bond donors (Lipinski definition) is 0. The fourth-order valence-electron chi connectivity index (χ4n) is 4.08. The topological polar surface area (TPSA) is 17.1 Å². The van der Waals surface area contributed by atoms with E-state index in [1.807, 2.05) is 24.3 Å². The van der Waals surface area contributed by atoms with Crippen LogP contribution in [-0.2, 0) is 6.42 Å². The Morgan fingerprint density at radius 3 is 2.25 bits per heavy atom. The third-order valence-corrected chi connectivity index (χ3v) is 5.57. The summed E-state index contributed by atoms with van der Waals surface area (Å²) in [5.74, 6) is 0.162. The molecule has 0 bridgehead atoms. The SMILES string of the molecule is O=C1/C(=C/c2ccccc2-c2ccc3ccccc3c2)CCc2ccccc21. The van der Waals surface area contributed by atoms with Crippen LogP contribution in [0.4, 0.5) is 0 Å². The smallest absolute Gasteiger partial charge is 0.189 e. The van der Waals surface area contributed by atoms with E-state index in [4.69, 9.17) is 0 Å². The van der Waals surface area contributed by atoms with E-state index in [0.29, 0.717) is 0 Å². The van der Waals surface area contributed by atoms with Crippen LogP contribution in [0.25, 0.3) is 28.0 Å². The van der Waals surface area contributed by atoms with Gasteiger partial charge in [-0.25, -0.2) is 0 Å². The van der Waals surface area contributed by atoms with Crippen LogP contribution in [-0.4, -0.2) is 5.78 Å². The third-order valence-electron chi connectivity index (χ3n) is 5.57. The summed E-state index contributed by atoms with van der Waals surface area (Å²) < 4.78 is 0. The van der Waals surface area contributed by atoms with E-state index in [9.17, 15) is 4.79 Å². The molecule has 1 aliphatic carbocycles. The first-order chi connectivity index (χ1) is 13.8. The van der Waals surface area contributed by atoms with Gasteiger partial charge in [0.2, 0.25) is 0 Å². The summed E-state index contributed by atoms with van der Waals surface area (Å²) in [6.07, 6.45) is 3.80. The number of carbonyl (C=O) groups is 1. The number of fused-ring (bicyclic) bond motifs is 2. The second-order valence-corrected chi connectivity index (χ2v) is 7.31. The quantitative estimate of drug-likeness (QED) is 0.363. The predicted molar refractivity (Wildman–Crippen MR) is 116 cm³/mol. The van der Waals surface area contributed by atoms with E-state index in [2.05, 4.69) is 72.8 Å². The molecule has 1 nitrogen and oxygen atoms in total. The zero-order chi connectivity index (χ0) is 18.9. The van der Waals surface area contributed by atoms with E-state index < -0.39 is 0 Å². The Morgan fingerprint density at radius 2 is 1.36 bits per heavy atom. The highest BCUT2D eigenvalue weighted by Gasteiger charge is 2.21. The molecule has 0 aliphatic heterocycles. The van der Waals surface area contributed by atoms with E-state index in [-0.39, 0.29) is 5.78 Å².